The van der Waals surface area contributed by atoms with Gasteiger partial charge in [0.05, 0.1) is 0 Å². The van der Waals surface area contributed by atoms with Gasteiger partial charge in [-0.05, 0) is 28.8 Å². The largest absolute Gasteiger partial charge is 0.542 e. The third-order valence-electron chi connectivity index (χ3n) is 0.973. The van der Waals surface area contributed by atoms with Gasteiger partial charge < -0.3 is 0 Å². The predicted octanol–water partition coefficient (Wildman–Crippen LogP) is 2.14. The molecule has 0 aliphatic rings. The van der Waals surface area contributed by atoms with E-state index in [4.69, 9.17) is 0 Å². The summed E-state index contributed by atoms with van der Waals surface area (Å²) in [5.74, 6) is 0.0799. The van der Waals surface area contributed by atoms with E-state index in [0.717, 1.165) is 0 Å². The first-order valence-corrected chi connectivity index (χ1v) is 3.44. The molecule has 2 nitrogen and oxygen atoms in total. The van der Waals surface area contributed by atoms with Gasteiger partial charge in [0.1, 0.15) is 5.82 Å². The maximum Gasteiger partial charge on any atom is 0.542 e. The third kappa shape index (κ3) is 1.78. The molecule has 0 radical (unpaired) electrons. The average molecular weight is 159 g/mol. The van der Waals surface area contributed by atoms with Crippen molar-refractivity contribution in [3.05, 3.63) is 30.1 Å². The Labute approximate surface area is 58.9 Å². The van der Waals surface area contributed by atoms with Crippen LogP contribution in [0.25, 0.3) is 0 Å². The van der Waals surface area contributed by atoms with E-state index in [1.165, 1.54) is 24.3 Å². The topological polar surface area (TPSA) is 26.3 Å². The summed E-state index contributed by atoms with van der Waals surface area (Å²) in [6, 6.07) is 5.32. The molecule has 0 N–H and O–H groups in total. The smallest absolute Gasteiger partial charge is 0.256 e. The Balaban J connectivity index is 2.78. The van der Waals surface area contributed by atoms with Gasteiger partial charge in [-0.3, -0.25) is 4.52 Å². The minimum Gasteiger partial charge on any atom is -0.256 e. The van der Waals surface area contributed by atoms with Crippen LogP contribution in [0.2, 0.25) is 0 Å². The molecule has 0 saturated heterocycles. The van der Waals surface area contributed by atoms with E-state index in [0.29, 0.717) is 5.75 Å². The Bertz CT molecular complexity index is 222. The number of hydrogen-bond acceptors (Lipinski definition) is 2. The van der Waals surface area contributed by atoms with E-state index in [1.54, 1.807) is 0 Å². The summed E-state index contributed by atoms with van der Waals surface area (Å²) in [7, 11) is -0.840. The third-order valence-corrected chi connectivity index (χ3v) is 1.29. The molecule has 4 heteroatoms. The number of hydrogen-bond donors (Lipinski definition) is 0. The average Bonchev–Trinajstić information content (AvgIpc) is 1.95. The number of halogens is 1. The van der Waals surface area contributed by atoms with Crippen molar-refractivity contribution in [1.82, 2.24) is 0 Å². The molecule has 0 aromatic heterocycles. The van der Waals surface area contributed by atoms with Crippen LogP contribution in [0.4, 0.5) is 4.39 Å². The van der Waals surface area contributed by atoms with Crippen LogP contribution < -0.4 is 4.52 Å². The zero-order chi connectivity index (χ0) is 7.40. The van der Waals surface area contributed by atoms with Gasteiger partial charge in [-0.15, -0.1) is 0 Å². The van der Waals surface area contributed by atoms with E-state index in [-0.39, 0.29) is 5.82 Å². The number of rotatable bonds is 2. The standard InChI is InChI=1S/C6H5FO2P/c7-5-1-3-6(4-2-5)9-10-8/h1-4,10H/q+1. The lowest BCUT2D eigenvalue weighted by atomic mass is 10.3. The van der Waals surface area contributed by atoms with E-state index in [9.17, 15) is 8.96 Å². The molecule has 0 fully saturated rings. The van der Waals surface area contributed by atoms with Crippen LogP contribution in [0.15, 0.2) is 24.3 Å². The summed E-state index contributed by atoms with van der Waals surface area (Å²) in [4.78, 5) is 0. The molecule has 52 valence electrons. The maximum atomic E-state index is 12.2. The zero-order valence-corrected chi connectivity index (χ0v) is 6.00. The van der Waals surface area contributed by atoms with Crippen molar-refractivity contribution >= 4 is 8.69 Å². The molecule has 1 unspecified atom stereocenters. The molecule has 10 heavy (non-hydrogen) atoms. The van der Waals surface area contributed by atoms with Crippen molar-refractivity contribution in [2.24, 2.45) is 0 Å². The second-order valence-electron chi connectivity index (χ2n) is 1.64. The lowest BCUT2D eigenvalue weighted by Gasteiger charge is -1.87. The molecule has 0 aliphatic heterocycles. The highest BCUT2D eigenvalue weighted by Gasteiger charge is 1.96. The summed E-state index contributed by atoms with van der Waals surface area (Å²) >= 11 is 0. The van der Waals surface area contributed by atoms with Crippen molar-refractivity contribution in [3.8, 4) is 5.75 Å². The van der Waals surface area contributed by atoms with Crippen LogP contribution in [-0.4, -0.2) is 0 Å². The summed E-state index contributed by atoms with van der Waals surface area (Å²) in [5, 5.41) is 0. The molecular weight excluding hydrogens is 154 g/mol. The van der Waals surface area contributed by atoms with Crippen molar-refractivity contribution in [3.63, 3.8) is 0 Å². The quantitative estimate of drug-likeness (QED) is 0.618. The van der Waals surface area contributed by atoms with Gasteiger partial charge in [-0.1, -0.05) is 0 Å². The Morgan fingerprint density at radius 1 is 1.30 bits per heavy atom. The van der Waals surface area contributed by atoms with Gasteiger partial charge in [0.15, 0.2) is 5.75 Å². The van der Waals surface area contributed by atoms with Crippen molar-refractivity contribution in [2.75, 3.05) is 0 Å². The fourth-order valence-electron chi connectivity index (χ4n) is 0.551. The molecule has 0 aliphatic carbocycles. The van der Waals surface area contributed by atoms with Gasteiger partial charge in [0.25, 0.3) is 0 Å². The molecule has 0 spiro atoms. The normalized spacial score (nSPS) is 9.70. The van der Waals surface area contributed by atoms with Gasteiger partial charge in [0, 0.05) is 0 Å². The fourth-order valence-corrected chi connectivity index (χ4v) is 0.783. The van der Waals surface area contributed by atoms with Crippen LogP contribution in [0, 0.1) is 5.82 Å². The second kappa shape index (κ2) is 3.28. The molecule has 0 bridgehead atoms. The highest BCUT2D eigenvalue weighted by molar-refractivity contribution is 7.17. The van der Waals surface area contributed by atoms with E-state index >= 15 is 0 Å². The molecule has 1 rings (SSSR count). The SMILES string of the molecule is O=[PH+]Oc1ccc(F)cc1. The minimum absolute atomic E-state index is 0.332. The highest BCUT2D eigenvalue weighted by atomic mass is 31.1. The van der Waals surface area contributed by atoms with Gasteiger partial charge in [0.2, 0.25) is 0 Å². The van der Waals surface area contributed by atoms with E-state index < -0.39 is 8.69 Å². The van der Waals surface area contributed by atoms with Crippen LogP contribution in [0.3, 0.4) is 0 Å². The van der Waals surface area contributed by atoms with Crippen molar-refractivity contribution < 1.29 is 13.5 Å². The number of benzene rings is 1. The predicted molar refractivity (Wildman–Crippen MR) is 36.0 cm³/mol. The summed E-state index contributed by atoms with van der Waals surface area (Å²) in [6.45, 7) is 0. The van der Waals surface area contributed by atoms with Crippen LogP contribution >= 0.6 is 8.69 Å². The summed E-state index contributed by atoms with van der Waals surface area (Å²) in [5.41, 5.74) is 0. The molecule has 1 aromatic carbocycles. The van der Waals surface area contributed by atoms with Gasteiger partial charge >= 0.3 is 8.69 Å². The first kappa shape index (κ1) is 7.16. The van der Waals surface area contributed by atoms with Crippen molar-refractivity contribution in [1.29, 1.82) is 0 Å². The van der Waals surface area contributed by atoms with Crippen LogP contribution in [0.5, 0.6) is 5.75 Å². The Morgan fingerprint density at radius 2 is 1.90 bits per heavy atom. The fraction of sp³-hybridized carbons (Fsp3) is 0. The second-order valence-corrected chi connectivity index (χ2v) is 2.01. The van der Waals surface area contributed by atoms with Crippen LogP contribution in [-0.2, 0) is 4.57 Å². The van der Waals surface area contributed by atoms with Crippen molar-refractivity contribution in [2.45, 2.75) is 0 Å². The molecule has 0 heterocycles. The highest BCUT2D eigenvalue weighted by Crippen LogP contribution is 2.14. The molecular formula is C6H5FO2P+. The first-order valence-electron chi connectivity index (χ1n) is 2.62. The maximum absolute atomic E-state index is 12.2. The molecule has 1 atom stereocenters. The molecule has 0 amide bonds. The molecule has 0 saturated carbocycles. The first-order chi connectivity index (χ1) is 4.83. The van der Waals surface area contributed by atoms with Crippen LogP contribution in [0.1, 0.15) is 0 Å². The Hall–Kier alpha value is -0.950. The Kier molecular flexibility index (Phi) is 2.35. The Morgan fingerprint density at radius 3 is 2.40 bits per heavy atom. The van der Waals surface area contributed by atoms with E-state index in [1.807, 2.05) is 0 Å². The van der Waals surface area contributed by atoms with Gasteiger partial charge in [-0.25, -0.2) is 4.39 Å². The lowest BCUT2D eigenvalue weighted by molar-refractivity contribution is 0.523. The lowest BCUT2D eigenvalue weighted by Crippen LogP contribution is -1.75. The minimum atomic E-state index is -0.840. The summed E-state index contributed by atoms with van der Waals surface area (Å²) in [6.07, 6.45) is 0. The van der Waals surface area contributed by atoms with Gasteiger partial charge in [-0.2, -0.15) is 0 Å². The van der Waals surface area contributed by atoms with E-state index in [2.05, 4.69) is 4.52 Å². The monoisotopic (exact) mass is 159 g/mol. The summed E-state index contributed by atoms with van der Waals surface area (Å²) < 4.78 is 26.7. The molecule has 1 aromatic rings. The zero-order valence-electron chi connectivity index (χ0n) is 5.00.